The Morgan fingerprint density at radius 2 is 2.00 bits per heavy atom. The van der Waals surface area contributed by atoms with Crippen molar-refractivity contribution in [3.63, 3.8) is 0 Å². The largest absolute Gasteiger partial charge is 0.646 e. The molecule has 0 fully saturated rings. The molecule has 0 bridgehead atoms. The van der Waals surface area contributed by atoms with Crippen molar-refractivity contribution in [1.82, 2.24) is 0 Å². The first kappa shape index (κ1) is 16.0. The number of benzene rings is 1. The van der Waals surface area contributed by atoms with E-state index in [0.717, 1.165) is 18.4 Å². The van der Waals surface area contributed by atoms with Crippen LogP contribution >= 0.6 is 0 Å². The number of hydrogen-bond donors (Lipinski definition) is 1. The van der Waals surface area contributed by atoms with Crippen molar-refractivity contribution in [2.24, 2.45) is 5.41 Å². The van der Waals surface area contributed by atoms with Crippen LogP contribution in [0.2, 0.25) is 0 Å². The van der Waals surface area contributed by atoms with E-state index in [9.17, 15) is 9.90 Å². The second-order valence-corrected chi connectivity index (χ2v) is 7.25. The first-order valence-corrected chi connectivity index (χ1v) is 7.85. The second kappa shape index (κ2) is 6.61. The van der Waals surface area contributed by atoms with Gasteiger partial charge in [-0.25, -0.2) is 0 Å². The molecule has 1 aromatic carbocycles. The number of fused-ring (bicyclic) bond motifs is 1. The summed E-state index contributed by atoms with van der Waals surface area (Å²) in [6.45, 7) is 6.90. The Bertz CT molecular complexity index is 502. The molecule has 0 saturated heterocycles. The first-order valence-electron chi connectivity index (χ1n) is 7.85. The summed E-state index contributed by atoms with van der Waals surface area (Å²) in [5.41, 5.74) is 4.15. The summed E-state index contributed by atoms with van der Waals surface area (Å²) in [4.78, 5) is 11.3. The van der Waals surface area contributed by atoms with E-state index in [4.69, 9.17) is 0 Å². The van der Waals surface area contributed by atoms with Gasteiger partial charge in [-0.3, -0.25) is 4.79 Å². The van der Waals surface area contributed by atoms with Crippen LogP contribution < -0.4 is 0 Å². The Balaban J connectivity index is 1.91. The van der Waals surface area contributed by atoms with Crippen LogP contribution in [0.3, 0.4) is 0 Å². The Kier molecular flexibility index (Phi) is 5.04. The van der Waals surface area contributed by atoms with Gasteiger partial charge in [0.2, 0.25) is 0 Å². The van der Waals surface area contributed by atoms with Crippen LogP contribution in [0.15, 0.2) is 18.2 Å². The van der Waals surface area contributed by atoms with Crippen LogP contribution in [0.4, 0.5) is 0 Å². The molecule has 1 unspecified atom stereocenters. The van der Waals surface area contributed by atoms with Gasteiger partial charge in [0.05, 0.1) is 0 Å². The molecule has 1 aliphatic rings. The highest BCUT2D eigenvalue weighted by molar-refractivity contribution is 5.76. The van der Waals surface area contributed by atoms with Crippen LogP contribution in [0.5, 0.6) is 0 Å². The average molecular weight is 288 g/mol. The van der Waals surface area contributed by atoms with Crippen molar-refractivity contribution < 1.29 is 9.90 Å². The molecule has 1 N–H and O–H groups in total. The van der Waals surface area contributed by atoms with Gasteiger partial charge >= 0.3 is 0 Å². The van der Waals surface area contributed by atoms with E-state index >= 15 is 0 Å². The monoisotopic (exact) mass is 288 g/mol. The highest BCUT2D eigenvalue weighted by Gasteiger charge is 2.15. The van der Waals surface area contributed by atoms with Gasteiger partial charge in [-0.05, 0) is 48.3 Å². The number of carboxylic acid groups (broad SMARTS) is 1. The predicted octanol–water partition coefficient (Wildman–Crippen LogP) is 4.33. The van der Waals surface area contributed by atoms with Crippen LogP contribution in [0.1, 0.15) is 56.7 Å². The summed E-state index contributed by atoms with van der Waals surface area (Å²) in [5, 5.41) is 13.7. The number of aliphatic carboxylic acids is 1. The summed E-state index contributed by atoms with van der Waals surface area (Å²) in [6.07, 6.45) is 5.05. The fourth-order valence-corrected chi connectivity index (χ4v) is 2.80. The smallest absolute Gasteiger partial charge is 0.285 e. The lowest BCUT2D eigenvalue weighted by Gasteiger charge is -2.31. The van der Waals surface area contributed by atoms with Gasteiger partial charge in [0, 0.05) is 0 Å². The Labute approximate surface area is 127 Å². The van der Waals surface area contributed by atoms with Crippen molar-refractivity contribution in [2.45, 2.75) is 65.5 Å². The van der Waals surface area contributed by atoms with Crippen LogP contribution in [-0.2, 0) is 24.2 Å². The highest BCUT2D eigenvalue weighted by Crippen LogP contribution is 2.26. The maximum atomic E-state index is 11.3. The van der Waals surface area contributed by atoms with Gasteiger partial charge in [0.1, 0.15) is 0 Å². The topological polar surface area (TPSA) is 51.4 Å². The Morgan fingerprint density at radius 3 is 2.67 bits per heavy atom. The third-order valence-electron chi connectivity index (χ3n) is 4.11. The van der Waals surface area contributed by atoms with Crippen LogP contribution in [-0.4, -0.2) is 17.1 Å². The van der Waals surface area contributed by atoms with Crippen molar-refractivity contribution >= 4 is 5.97 Å². The molecule has 1 atom stereocenters. The van der Waals surface area contributed by atoms with E-state index in [-0.39, 0.29) is 5.41 Å². The summed E-state index contributed by atoms with van der Waals surface area (Å²) in [6, 6.07) is 5.89. The summed E-state index contributed by atoms with van der Waals surface area (Å²) in [7, 11) is 0. The van der Waals surface area contributed by atoms with E-state index in [2.05, 4.69) is 44.3 Å². The summed E-state index contributed by atoms with van der Waals surface area (Å²) in [5.74, 6) is -0.805. The van der Waals surface area contributed by atoms with E-state index in [1.807, 2.05) is 0 Å². The maximum absolute atomic E-state index is 11.3. The minimum atomic E-state index is -0.805. The molecular formula is C18H26NO2-. The van der Waals surface area contributed by atoms with Crippen molar-refractivity contribution in [3.8, 4) is 0 Å². The molecule has 116 valence electrons. The third-order valence-corrected chi connectivity index (χ3v) is 4.11. The third kappa shape index (κ3) is 4.85. The van der Waals surface area contributed by atoms with Crippen molar-refractivity contribution in [2.75, 3.05) is 0 Å². The normalized spacial score (nSPS) is 15.8. The summed E-state index contributed by atoms with van der Waals surface area (Å²) < 4.78 is 0. The molecule has 2 rings (SSSR count). The van der Waals surface area contributed by atoms with Crippen molar-refractivity contribution in [3.05, 3.63) is 40.2 Å². The highest BCUT2D eigenvalue weighted by atomic mass is 16.4. The molecule has 1 aromatic rings. The van der Waals surface area contributed by atoms with Gasteiger partial charge in [0.15, 0.2) is 0 Å². The van der Waals surface area contributed by atoms with Crippen LogP contribution in [0, 0.1) is 5.41 Å². The zero-order valence-corrected chi connectivity index (χ0v) is 13.4. The molecule has 21 heavy (non-hydrogen) atoms. The number of rotatable bonds is 6. The van der Waals surface area contributed by atoms with E-state index < -0.39 is 12.0 Å². The average Bonchev–Trinajstić information content (AvgIpc) is 2.84. The minimum absolute atomic E-state index is 0.150. The van der Waals surface area contributed by atoms with Crippen molar-refractivity contribution in [1.29, 1.82) is 0 Å². The fourth-order valence-electron chi connectivity index (χ4n) is 2.80. The molecule has 0 heterocycles. The standard InChI is InChI=1S/C18H26NO2/c1-18(2,3)10-9-16(17(20)21)19-12-13-7-8-14-5-4-6-15(14)11-13/h7-8,11,16H,4-6,9-10,12H2,1-3H3,(H,20,21)/q-1. The van der Waals surface area contributed by atoms with E-state index in [1.54, 1.807) is 0 Å². The number of nitrogens with zero attached hydrogens (tertiary/aromatic N) is 1. The lowest BCUT2D eigenvalue weighted by atomic mass is 9.88. The number of hydrogen-bond acceptors (Lipinski definition) is 1. The van der Waals surface area contributed by atoms with Gasteiger partial charge < -0.3 is 10.4 Å². The summed E-state index contributed by atoms with van der Waals surface area (Å²) >= 11 is 0. The van der Waals surface area contributed by atoms with Gasteiger partial charge in [0.25, 0.3) is 5.97 Å². The molecule has 0 saturated carbocycles. The van der Waals surface area contributed by atoms with Crippen LogP contribution in [0.25, 0.3) is 5.32 Å². The first-order chi connectivity index (χ1) is 9.85. The predicted molar refractivity (Wildman–Crippen MR) is 85.6 cm³/mol. The maximum Gasteiger partial charge on any atom is 0.285 e. The molecule has 0 radical (unpaired) electrons. The number of carbonyl (C=O) groups is 1. The molecule has 3 nitrogen and oxygen atoms in total. The number of aryl methyl sites for hydroxylation is 2. The zero-order valence-electron chi connectivity index (χ0n) is 13.4. The van der Waals surface area contributed by atoms with E-state index in [0.29, 0.717) is 13.0 Å². The molecular weight excluding hydrogens is 262 g/mol. The zero-order chi connectivity index (χ0) is 15.5. The fraction of sp³-hybridized carbons (Fsp3) is 0.611. The molecule has 0 spiro atoms. The number of carboxylic acids is 1. The van der Waals surface area contributed by atoms with Gasteiger partial charge in [-0.1, -0.05) is 51.0 Å². The molecule has 0 amide bonds. The second-order valence-electron chi connectivity index (χ2n) is 7.25. The van der Waals surface area contributed by atoms with E-state index in [1.165, 1.54) is 24.0 Å². The Hall–Kier alpha value is -1.35. The van der Waals surface area contributed by atoms with Gasteiger partial charge in [-0.2, -0.15) is 0 Å². The molecule has 0 aliphatic heterocycles. The molecule has 3 heteroatoms. The van der Waals surface area contributed by atoms with Gasteiger partial charge in [-0.15, -0.1) is 6.54 Å². The quantitative estimate of drug-likeness (QED) is 0.847. The Morgan fingerprint density at radius 1 is 1.29 bits per heavy atom. The SMILES string of the molecule is CC(C)(C)CCC([N-]Cc1ccc2c(c1)CCC2)C(=O)O. The minimum Gasteiger partial charge on any atom is -0.646 e. The lowest BCUT2D eigenvalue weighted by molar-refractivity contribution is -0.138. The lowest BCUT2D eigenvalue weighted by Crippen LogP contribution is -2.22. The molecule has 1 aliphatic carbocycles. The molecule has 0 aromatic heterocycles.